The van der Waals surface area contributed by atoms with Crippen molar-refractivity contribution in [1.82, 2.24) is 29.6 Å². The molecular formula is C16H20N6O. The highest BCUT2D eigenvalue weighted by Gasteiger charge is 2.13. The average Bonchev–Trinajstić information content (AvgIpc) is 3.16. The lowest BCUT2D eigenvalue weighted by molar-refractivity contribution is 0.368. The van der Waals surface area contributed by atoms with E-state index in [1.807, 2.05) is 43.1 Å². The minimum Gasteiger partial charge on any atom is -0.481 e. The van der Waals surface area contributed by atoms with Gasteiger partial charge in [-0.1, -0.05) is 0 Å². The molecule has 0 unspecified atom stereocenters. The van der Waals surface area contributed by atoms with Crippen LogP contribution in [0.25, 0.3) is 5.82 Å². The molecule has 0 radical (unpaired) electrons. The highest BCUT2D eigenvalue weighted by atomic mass is 16.5. The Labute approximate surface area is 134 Å². The van der Waals surface area contributed by atoms with Crippen molar-refractivity contribution in [3.8, 4) is 11.7 Å². The van der Waals surface area contributed by atoms with Gasteiger partial charge in [-0.05, 0) is 24.6 Å². The molecule has 0 aliphatic rings. The van der Waals surface area contributed by atoms with Crippen molar-refractivity contribution in [2.45, 2.75) is 20.0 Å². The van der Waals surface area contributed by atoms with Crippen molar-refractivity contribution in [3.05, 3.63) is 53.9 Å². The Morgan fingerprint density at radius 2 is 2.13 bits per heavy atom. The maximum absolute atomic E-state index is 5.41. The molecule has 0 saturated heterocycles. The minimum absolute atomic E-state index is 0.700. The molecule has 0 spiro atoms. The highest BCUT2D eigenvalue weighted by molar-refractivity contribution is 5.31. The summed E-state index contributed by atoms with van der Waals surface area (Å²) in [5.74, 6) is 1.65. The average molecular weight is 312 g/mol. The molecule has 7 heteroatoms. The Morgan fingerprint density at radius 3 is 2.87 bits per heavy atom. The second kappa shape index (κ2) is 6.62. The Bertz CT molecular complexity index is 778. The van der Waals surface area contributed by atoms with Crippen molar-refractivity contribution >= 4 is 0 Å². The van der Waals surface area contributed by atoms with Crippen LogP contribution >= 0.6 is 0 Å². The van der Waals surface area contributed by atoms with Crippen molar-refractivity contribution in [1.29, 1.82) is 0 Å². The maximum atomic E-state index is 5.41. The number of nitrogens with one attached hydrogen (secondary N) is 1. The molecule has 0 aromatic carbocycles. The summed E-state index contributed by atoms with van der Waals surface area (Å²) in [5, 5.41) is 7.82. The number of nitrogens with zero attached hydrogens (tertiary/aromatic N) is 5. The number of imidazole rings is 1. The van der Waals surface area contributed by atoms with Crippen LogP contribution < -0.4 is 10.1 Å². The number of rotatable bonds is 6. The zero-order chi connectivity index (χ0) is 16.2. The highest BCUT2D eigenvalue weighted by Crippen LogP contribution is 2.20. The van der Waals surface area contributed by atoms with Crippen molar-refractivity contribution in [2.24, 2.45) is 7.05 Å². The maximum Gasteiger partial charge on any atom is 0.216 e. The Morgan fingerprint density at radius 1 is 1.26 bits per heavy atom. The van der Waals surface area contributed by atoms with Gasteiger partial charge in [-0.15, -0.1) is 0 Å². The number of aromatic nitrogens is 5. The van der Waals surface area contributed by atoms with Crippen LogP contribution in [-0.2, 0) is 20.1 Å². The zero-order valence-electron chi connectivity index (χ0n) is 13.5. The predicted molar refractivity (Wildman–Crippen MR) is 86.4 cm³/mol. The molecule has 0 fully saturated rings. The second-order valence-electron chi connectivity index (χ2n) is 5.29. The molecule has 0 atom stereocenters. The Hall–Kier alpha value is -2.67. The van der Waals surface area contributed by atoms with Gasteiger partial charge < -0.3 is 10.1 Å². The fraction of sp³-hybridized carbons (Fsp3) is 0.312. The normalized spacial score (nSPS) is 10.9. The van der Waals surface area contributed by atoms with Crippen molar-refractivity contribution in [2.75, 3.05) is 7.11 Å². The van der Waals surface area contributed by atoms with Crippen LogP contribution in [0.15, 0.2) is 37.1 Å². The number of hydrogen-bond acceptors (Lipinski definition) is 5. The first-order valence-corrected chi connectivity index (χ1v) is 7.39. The molecule has 3 rings (SSSR count). The lowest BCUT2D eigenvalue weighted by atomic mass is 10.2. The lowest BCUT2D eigenvalue weighted by Crippen LogP contribution is -2.14. The molecule has 0 amide bonds. The molecule has 23 heavy (non-hydrogen) atoms. The molecule has 3 heterocycles. The van der Waals surface area contributed by atoms with E-state index in [9.17, 15) is 0 Å². The van der Waals surface area contributed by atoms with Gasteiger partial charge in [0, 0.05) is 38.7 Å². The summed E-state index contributed by atoms with van der Waals surface area (Å²) in [6, 6.07) is 4.04. The molecule has 3 aromatic heterocycles. The van der Waals surface area contributed by atoms with Crippen molar-refractivity contribution < 1.29 is 4.74 Å². The van der Waals surface area contributed by atoms with Gasteiger partial charge in [-0.2, -0.15) is 5.10 Å². The van der Waals surface area contributed by atoms with Crippen LogP contribution in [0, 0.1) is 6.92 Å². The first-order valence-electron chi connectivity index (χ1n) is 7.39. The van der Waals surface area contributed by atoms with E-state index in [0.717, 1.165) is 35.1 Å². The van der Waals surface area contributed by atoms with Gasteiger partial charge in [0.2, 0.25) is 5.88 Å². The standard InChI is InChI=1S/C16H20N6O/c1-12-14(16(23-3)21(2)20-12)10-18-9-13-4-5-19-15(8-13)22-7-6-17-11-22/h4-8,11,18H,9-10H2,1-3H3. The number of pyridine rings is 1. The molecule has 0 saturated carbocycles. The van der Waals surface area contributed by atoms with Crippen LogP contribution in [0.2, 0.25) is 0 Å². The van der Waals surface area contributed by atoms with E-state index in [4.69, 9.17) is 4.74 Å². The van der Waals surface area contributed by atoms with Gasteiger partial charge in [0.25, 0.3) is 0 Å². The van der Waals surface area contributed by atoms with E-state index in [0.29, 0.717) is 6.54 Å². The van der Waals surface area contributed by atoms with Crippen molar-refractivity contribution in [3.63, 3.8) is 0 Å². The summed E-state index contributed by atoms with van der Waals surface area (Å²) >= 11 is 0. The smallest absolute Gasteiger partial charge is 0.216 e. The second-order valence-corrected chi connectivity index (χ2v) is 5.29. The van der Waals surface area contributed by atoms with E-state index in [1.54, 1.807) is 24.3 Å². The van der Waals surface area contributed by atoms with E-state index in [1.165, 1.54) is 0 Å². The first kappa shape index (κ1) is 15.2. The molecule has 0 aliphatic carbocycles. The summed E-state index contributed by atoms with van der Waals surface area (Å²) in [6.07, 6.45) is 7.17. The number of aryl methyl sites for hydroxylation is 2. The minimum atomic E-state index is 0.700. The lowest BCUT2D eigenvalue weighted by Gasteiger charge is -2.08. The summed E-state index contributed by atoms with van der Waals surface area (Å²) < 4.78 is 9.05. The molecule has 0 aliphatic heterocycles. The monoisotopic (exact) mass is 312 g/mol. The van der Waals surface area contributed by atoms with Gasteiger partial charge in [0.15, 0.2) is 0 Å². The third kappa shape index (κ3) is 3.24. The van der Waals surface area contributed by atoms with Crippen LogP contribution in [0.4, 0.5) is 0 Å². The summed E-state index contributed by atoms with van der Waals surface area (Å²) in [4.78, 5) is 8.40. The summed E-state index contributed by atoms with van der Waals surface area (Å²) in [6.45, 7) is 3.43. The number of hydrogen-bond donors (Lipinski definition) is 1. The molecule has 120 valence electrons. The quantitative estimate of drug-likeness (QED) is 0.749. The van der Waals surface area contributed by atoms with Gasteiger partial charge in [0.05, 0.1) is 18.4 Å². The predicted octanol–water partition coefficient (Wildman–Crippen LogP) is 1.61. The fourth-order valence-electron chi connectivity index (χ4n) is 2.58. The van der Waals surface area contributed by atoms with E-state index < -0.39 is 0 Å². The van der Waals surface area contributed by atoms with Gasteiger partial charge in [-0.3, -0.25) is 4.57 Å². The summed E-state index contributed by atoms with van der Waals surface area (Å²) in [5.41, 5.74) is 3.22. The SMILES string of the molecule is COc1c(CNCc2ccnc(-n3ccnc3)c2)c(C)nn1C. The third-order valence-corrected chi connectivity index (χ3v) is 3.69. The van der Waals surface area contributed by atoms with Gasteiger partial charge in [0.1, 0.15) is 12.1 Å². The zero-order valence-corrected chi connectivity index (χ0v) is 13.5. The fourth-order valence-corrected chi connectivity index (χ4v) is 2.58. The summed E-state index contributed by atoms with van der Waals surface area (Å²) in [7, 11) is 3.55. The van der Waals surface area contributed by atoms with E-state index >= 15 is 0 Å². The van der Waals surface area contributed by atoms with Crippen LogP contribution in [0.3, 0.4) is 0 Å². The number of methoxy groups -OCH3 is 1. The van der Waals surface area contributed by atoms with Gasteiger partial charge in [-0.25, -0.2) is 14.6 Å². The van der Waals surface area contributed by atoms with E-state index in [-0.39, 0.29) is 0 Å². The molecule has 1 N–H and O–H groups in total. The largest absolute Gasteiger partial charge is 0.481 e. The molecule has 7 nitrogen and oxygen atoms in total. The van der Waals surface area contributed by atoms with Gasteiger partial charge >= 0.3 is 0 Å². The van der Waals surface area contributed by atoms with Crippen LogP contribution in [-0.4, -0.2) is 31.4 Å². The Kier molecular flexibility index (Phi) is 4.38. The Balaban J connectivity index is 1.67. The topological polar surface area (TPSA) is 69.8 Å². The third-order valence-electron chi connectivity index (χ3n) is 3.69. The van der Waals surface area contributed by atoms with Crippen LogP contribution in [0.5, 0.6) is 5.88 Å². The van der Waals surface area contributed by atoms with E-state index in [2.05, 4.69) is 20.4 Å². The molecular weight excluding hydrogens is 292 g/mol. The number of ether oxygens (including phenoxy) is 1. The first-order chi connectivity index (χ1) is 11.2. The molecule has 3 aromatic rings. The van der Waals surface area contributed by atoms with Crippen LogP contribution in [0.1, 0.15) is 16.8 Å². The molecule has 0 bridgehead atoms.